The molecule has 0 aliphatic heterocycles. The van der Waals surface area contributed by atoms with Gasteiger partial charge in [-0.2, -0.15) is 0 Å². The van der Waals surface area contributed by atoms with Gasteiger partial charge >= 0.3 is 85.3 Å². The molecule has 0 bridgehead atoms. The van der Waals surface area contributed by atoms with Gasteiger partial charge in [0.1, 0.15) is 0 Å². The predicted molar refractivity (Wildman–Crippen MR) is 48.8 cm³/mol. The van der Waals surface area contributed by atoms with E-state index in [4.69, 9.17) is 0 Å². The van der Waals surface area contributed by atoms with Gasteiger partial charge in [0.15, 0.2) is 0 Å². The van der Waals surface area contributed by atoms with Gasteiger partial charge in [-0.3, -0.25) is 0 Å². The van der Waals surface area contributed by atoms with Crippen molar-refractivity contribution in [1.82, 2.24) is 0 Å². The van der Waals surface area contributed by atoms with Gasteiger partial charge in [-0.25, -0.2) is 0 Å². The summed E-state index contributed by atoms with van der Waals surface area (Å²) in [5, 5.41) is 0. The van der Waals surface area contributed by atoms with Gasteiger partial charge in [0.2, 0.25) is 0 Å². The molecule has 0 spiro atoms. The van der Waals surface area contributed by atoms with Crippen LogP contribution >= 0.6 is 0 Å². The monoisotopic (exact) mass is 513 g/mol. The van der Waals surface area contributed by atoms with Crippen molar-refractivity contribution in [3.05, 3.63) is 35.9 Å². The third-order valence-electron chi connectivity index (χ3n) is 1.63. The summed E-state index contributed by atoms with van der Waals surface area (Å²) in [6.45, 7) is 6.74. The predicted octanol–water partition coefficient (Wildman–Crippen LogP) is 2.60. The Kier molecular flexibility index (Phi) is 5.57. The maximum Gasteiger partial charge on any atom is 0 e. The first-order chi connectivity index (χ1) is 5.52. The summed E-state index contributed by atoms with van der Waals surface area (Å²) in [5.41, 5.74) is 1.55. The average molecular weight is 513 g/mol. The summed E-state index contributed by atoms with van der Waals surface area (Å²) in [5.74, 6) is 0. The smallest absolute Gasteiger partial charge is 0 e. The van der Waals surface area contributed by atoms with Gasteiger partial charge in [0, 0.05) is 21.1 Å². The molecule has 13 heavy (non-hydrogen) atoms. The Morgan fingerprint density at radius 2 is 1.92 bits per heavy atom. The molecule has 0 atom stereocenters. The first-order valence-corrected chi connectivity index (χ1v) is 5.50. The fourth-order valence-electron chi connectivity index (χ4n) is 0.939. The second-order valence-electron chi connectivity index (χ2n) is 3.86. The van der Waals surface area contributed by atoms with Crippen LogP contribution in [-0.4, -0.2) is 3.90 Å². The summed E-state index contributed by atoms with van der Waals surface area (Å²) in [6.07, 6.45) is 0. The summed E-state index contributed by atoms with van der Waals surface area (Å²) >= 11 is 1.54. The van der Waals surface area contributed by atoms with Gasteiger partial charge in [-0.15, -0.1) is 0 Å². The van der Waals surface area contributed by atoms with E-state index >= 15 is 0 Å². The van der Waals surface area contributed by atoms with Crippen molar-refractivity contribution in [2.24, 2.45) is 5.41 Å². The zero-order valence-electron chi connectivity index (χ0n) is 8.13. The molecule has 0 aromatic heterocycles. The van der Waals surface area contributed by atoms with Crippen LogP contribution in [0.2, 0.25) is 0 Å². The van der Waals surface area contributed by atoms with E-state index in [0.29, 0.717) is 0 Å². The molecule has 0 amide bonds. The van der Waals surface area contributed by atoms with Crippen LogP contribution in [0.15, 0.2) is 24.3 Å². The summed E-state index contributed by atoms with van der Waals surface area (Å²) in [4.78, 5) is 0. The van der Waals surface area contributed by atoms with E-state index in [1.165, 1.54) is 9.46 Å². The summed E-state index contributed by atoms with van der Waals surface area (Å²) in [6, 6.07) is 11.4. The molecule has 1 aromatic rings. The molecule has 1 aromatic carbocycles. The molecular formula is C11H13W2-. The van der Waals surface area contributed by atoms with Crippen LogP contribution in [0, 0.1) is 11.5 Å². The van der Waals surface area contributed by atoms with Crippen molar-refractivity contribution in [2.45, 2.75) is 20.8 Å². The van der Waals surface area contributed by atoms with Crippen molar-refractivity contribution in [3.63, 3.8) is 0 Å². The maximum absolute atomic E-state index is 3.26. The van der Waals surface area contributed by atoms with Crippen LogP contribution in [0.25, 0.3) is 0 Å². The van der Waals surface area contributed by atoms with Gasteiger partial charge in [-0.1, -0.05) is 0 Å². The number of hydrogen-bond donors (Lipinski definition) is 0. The Morgan fingerprint density at radius 3 is 2.31 bits per heavy atom. The summed E-state index contributed by atoms with van der Waals surface area (Å²) in [7, 11) is 0. The van der Waals surface area contributed by atoms with Crippen LogP contribution in [0.4, 0.5) is 0 Å². The first kappa shape index (κ1) is 13.5. The minimum Gasteiger partial charge on any atom is 0 e. The molecule has 0 N–H and O–H groups in total. The normalized spacial score (nSPS) is 10.4. The van der Waals surface area contributed by atoms with Crippen LogP contribution in [0.3, 0.4) is 0 Å². The van der Waals surface area contributed by atoms with E-state index in [-0.39, 0.29) is 26.5 Å². The van der Waals surface area contributed by atoms with Crippen molar-refractivity contribution in [1.29, 1.82) is 0 Å². The van der Waals surface area contributed by atoms with Crippen molar-refractivity contribution >= 4 is 3.90 Å². The molecule has 0 fully saturated rings. The molecule has 0 saturated heterocycles. The van der Waals surface area contributed by atoms with Gasteiger partial charge in [-0.05, 0) is 0 Å². The molecule has 0 radical (unpaired) electrons. The molecule has 1 rings (SSSR count). The summed E-state index contributed by atoms with van der Waals surface area (Å²) < 4.78 is 1.48. The van der Waals surface area contributed by atoms with Crippen molar-refractivity contribution < 1.29 is 40.4 Å². The standard InChI is InChI=1S/C11H13.2W/c1-11(2,3)9-10-7-5-4-6-8-10;;/h4-7H,1-3H3;;/q-1;;. The average Bonchev–Trinajstić information content (AvgIpc) is 2.03. The number of hydrogen-bond acceptors (Lipinski definition) is 0. The maximum atomic E-state index is 3.26. The van der Waals surface area contributed by atoms with Crippen LogP contribution < -0.4 is 0 Å². The fourth-order valence-corrected chi connectivity index (χ4v) is 1.39. The van der Waals surface area contributed by atoms with E-state index in [0.717, 1.165) is 0 Å². The SMILES string of the molecule is CC(C)(C)[C](=[W])c1[c-]cccc1.[W]. The van der Waals surface area contributed by atoms with Gasteiger partial charge in [0.25, 0.3) is 0 Å². The Bertz CT molecular complexity index is 270. The molecular weight excluding hydrogens is 500 g/mol. The molecule has 0 aliphatic rings. The number of rotatable bonds is 1. The fraction of sp³-hybridized carbons (Fsp3) is 0.364. The Balaban J connectivity index is 0.00000144. The van der Waals surface area contributed by atoms with Gasteiger partial charge < -0.3 is 0 Å². The van der Waals surface area contributed by atoms with E-state index in [1.54, 1.807) is 19.4 Å². The van der Waals surface area contributed by atoms with E-state index in [2.05, 4.69) is 39.0 Å². The Hall–Kier alpha value is 0.467. The van der Waals surface area contributed by atoms with E-state index < -0.39 is 0 Å². The van der Waals surface area contributed by atoms with Crippen molar-refractivity contribution in [3.8, 4) is 0 Å². The molecule has 0 heterocycles. The van der Waals surface area contributed by atoms with Crippen LogP contribution in [-0.2, 0) is 40.4 Å². The van der Waals surface area contributed by atoms with Crippen molar-refractivity contribution in [2.75, 3.05) is 0 Å². The number of benzene rings is 1. The van der Waals surface area contributed by atoms with Crippen LogP contribution in [0.1, 0.15) is 26.3 Å². The first-order valence-electron chi connectivity index (χ1n) is 4.03. The molecule has 0 aliphatic carbocycles. The second kappa shape index (κ2) is 5.37. The minimum atomic E-state index is 0. The topological polar surface area (TPSA) is 0 Å². The largest absolute Gasteiger partial charge is 0 e. The second-order valence-corrected chi connectivity index (χ2v) is 5.32. The van der Waals surface area contributed by atoms with Crippen LogP contribution in [0.5, 0.6) is 0 Å². The quantitative estimate of drug-likeness (QED) is 0.508. The molecule has 70 valence electrons. The zero-order chi connectivity index (χ0) is 9.19. The zero-order valence-corrected chi connectivity index (χ0v) is 14.0. The van der Waals surface area contributed by atoms with E-state index in [1.807, 2.05) is 12.1 Å². The third kappa shape index (κ3) is 4.00. The molecule has 0 saturated carbocycles. The Labute approximate surface area is 106 Å². The van der Waals surface area contributed by atoms with Gasteiger partial charge in [0.05, 0.1) is 0 Å². The molecule has 0 nitrogen and oxygen atoms in total. The third-order valence-corrected chi connectivity index (χ3v) is 4.63. The Morgan fingerprint density at radius 1 is 1.31 bits per heavy atom. The minimum absolute atomic E-state index is 0. The molecule has 2 heteroatoms. The molecule has 0 unspecified atom stereocenters. The van der Waals surface area contributed by atoms with E-state index in [9.17, 15) is 0 Å².